The monoisotopic (exact) mass is 594 g/mol. The summed E-state index contributed by atoms with van der Waals surface area (Å²) in [5.41, 5.74) is 4.40. The van der Waals surface area contributed by atoms with Gasteiger partial charge in [0.25, 0.3) is 11.8 Å². The van der Waals surface area contributed by atoms with Crippen LogP contribution in [-0.4, -0.2) is 54.0 Å². The van der Waals surface area contributed by atoms with Gasteiger partial charge in [-0.1, -0.05) is 48.5 Å². The number of fused-ring (bicyclic) bond motifs is 2. The Morgan fingerprint density at radius 3 is 2.14 bits per heavy atom. The Balaban J connectivity index is 0.000000612. The Hall–Kier alpha value is -4.72. The number of carbonyl (C=O) groups excluding carboxylic acids is 3. The molecule has 218 valence electrons. The number of pyridine rings is 1. The van der Waals surface area contributed by atoms with Crippen LogP contribution >= 0.6 is 0 Å². The van der Waals surface area contributed by atoms with E-state index >= 15 is 0 Å². The Morgan fingerprint density at radius 2 is 1.55 bits per heavy atom. The molecule has 2 heterocycles. The zero-order valence-electron chi connectivity index (χ0n) is 22.6. The zero-order chi connectivity index (χ0) is 30.6. The van der Waals surface area contributed by atoms with Gasteiger partial charge >= 0.3 is 11.9 Å². The third-order valence-electron chi connectivity index (χ3n) is 6.69. The number of amides is 2. The summed E-state index contributed by atoms with van der Waals surface area (Å²) in [5, 5.41) is 12.0. The minimum Gasteiger partial charge on any atom is -0.726 e. The first-order valence-electron chi connectivity index (χ1n) is 12.7. The highest BCUT2D eigenvalue weighted by Crippen LogP contribution is 2.33. The summed E-state index contributed by atoms with van der Waals surface area (Å²) < 4.78 is 33.0. The van der Waals surface area contributed by atoms with Gasteiger partial charge in [0.15, 0.2) is 0 Å². The van der Waals surface area contributed by atoms with Crippen molar-refractivity contribution in [3.63, 3.8) is 0 Å². The molecule has 0 unspecified atom stereocenters. The number of hydroxylamine groups is 2. The first kappa shape index (κ1) is 30.2. The Labute approximate surface area is 240 Å². The number of hydrogen-bond acceptors (Lipinski definition) is 9. The lowest BCUT2D eigenvalue weighted by Gasteiger charge is -2.13. The van der Waals surface area contributed by atoms with Crippen LogP contribution in [0.1, 0.15) is 35.2 Å². The molecule has 12 nitrogen and oxygen atoms in total. The van der Waals surface area contributed by atoms with E-state index in [0.29, 0.717) is 22.3 Å². The molecule has 0 spiro atoms. The number of carboxylic acids is 1. The summed E-state index contributed by atoms with van der Waals surface area (Å²) in [4.78, 5) is 52.6. The molecule has 5 rings (SSSR count). The van der Waals surface area contributed by atoms with Gasteiger partial charge in [-0.3, -0.25) is 13.8 Å². The topological polar surface area (TPSA) is 171 Å². The fraction of sp³-hybridized carbons (Fsp3) is 0.207. The minimum absolute atomic E-state index is 0.00958. The van der Waals surface area contributed by atoms with Gasteiger partial charge < -0.3 is 14.5 Å². The average molecular weight is 595 g/mol. The van der Waals surface area contributed by atoms with Crippen molar-refractivity contribution in [2.45, 2.75) is 25.7 Å². The maximum atomic E-state index is 12.4. The molecule has 0 bridgehead atoms. The molecule has 0 aliphatic carbocycles. The summed E-state index contributed by atoms with van der Waals surface area (Å²) in [6.07, 6.45) is 0.485. The van der Waals surface area contributed by atoms with Crippen LogP contribution in [0.3, 0.4) is 0 Å². The van der Waals surface area contributed by atoms with Crippen molar-refractivity contribution in [1.29, 1.82) is 0 Å². The number of nitrogens with zero attached hydrogens (tertiary/aromatic N) is 2. The molecule has 1 fully saturated rings. The fourth-order valence-electron chi connectivity index (χ4n) is 4.69. The van der Waals surface area contributed by atoms with Crippen molar-refractivity contribution in [2.75, 3.05) is 7.11 Å². The minimum atomic E-state index is -4.41. The molecule has 0 atom stereocenters. The van der Waals surface area contributed by atoms with E-state index in [1.54, 1.807) is 0 Å². The molecule has 42 heavy (non-hydrogen) atoms. The quantitative estimate of drug-likeness (QED) is 0.110. The van der Waals surface area contributed by atoms with E-state index in [0.717, 1.165) is 34.8 Å². The molecular formula is C29H26N2O10S. The Bertz CT molecular complexity index is 1800. The fourth-order valence-corrected chi connectivity index (χ4v) is 4.69. The van der Waals surface area contributed by atoms with Crippen LogP contribution in [0.2, 0.25) is 0 Å². The molecule has 1 aliphatic rings. The first-order valence-corrected chi connectivity index (χ1v) is 14.0. The van der Waals surface area contributed by atoms with Gasteiger partial charge in [-0.2, -0.15) is 4.57 Å². The summed E-state index contributed by atoms with van der Waals surface area (Å²) in [6, 6.07) is 20.7. The normalized spacial score (nSPS) is 13.3. The lowest BCUT2D eigenvalue weighted by atomic mass is 9.93. The molecule has 1 aliphatic heterocycles. The molecule has 2 amide bonds. The second kappa shape index (κ2) is 12.4. The molecule has 0 radical (unpaired) electrons. The molecule has 0 saturated carbocycles. The van der Waals surface area contributed by atoms with Crippen LogP contribution in [0.25, 0.3) is 32.9 Å². The average Bonchev–Trinajstić information content (AvgIpc) is 3.28. The maximum absolute atomic E-state index is 12.4. The van der Waals surface area contributed by atoms with E-state index in [-0.39, 0.29) is 24.8 Å². The lowest BCUT2D eigenvalue weighted by Crippen LogP contribution is -2.32. The standard InChI is InChI=1S/C28H22N2O6.CH4O4S/c1-29-21-7-3-2-5-20(21)27(28(34)35)26-19(6-4-8-22(26)29)18-12-9-17(10-13-18)11-16-25(33)36-30-23(31)14-15-24(30)32;1-5-6(2,3)4/h2-10,12-13H,11,14-16H2,1H3;1H3,(H,2,3,4). The Kier molecular flexibility index (Phi) is 8.95. The molecule has 1 aromatic heterocycles. The predicted molar refractivity (Wildman–Crippen MR) is 147 cm³/mol. The Morgan fingerprint density at radius 1 is 0.952 bits per heavy atom. The first-order chi connectivity index (χ1) is 19.9. The van der Waals surface area contributed by atoms with E-state index in [4.69, 9.17) is 4.84 Å². The molecular weight excluding hydrogens is 568 g/mol. The maximum Gasteiger partial charge on any atom is 0.337 e. The number of hydrogen-bond donors (Lipinski definition) is 1. The van der Waals surface area contributed by atoms with Crippen molar-refractivity contribution in [1.82, 2.24) is 5.06 Å². The summed E-state index contributed by atoms with van der Waals surface area (Å²) in [5.74, 6) is -2.65. The second-order valence-corrected chi connectivity index (χ2v) is 10.4. The molecule has 3 aromatic carbocycles. The molecule has 1 saturated heterocycles. The highest BCUT2D eigenvalue weighted by atomic mass is 32.3. The van der Waals surface area contributed by atoms with Crippen LogP contribution in [0.15, 0.2) is 66.7 Å². The van der Waals surface area contributed by atoms with Crippen molar-refractivity contribution < 1.29 is 50.8 Å². The zero-order valence-corrected chi connectivity index (χ0v) is 23.4. The highest BCUT2D eigenvalue weighted by Gasteiger charge is 2.32. The van der Waals surface area contributed by atoms with Gasteiger partial charge in [-0.25, -0.2) is 18.0 Å². The van der Waals surface area contributed by atoms with Crippen LogP contribution in [0.4, 0.5) is 0 Å². The van der Waals surface area contributed by atoms with E-state index in [1.165, 1.54) is 0 Å². The summed E-state index contributed by atoms with van der Waals surface area (Å²) in [6.45, 7) is 0. The molecule has 13 heteroatoms. The number of aryl methyl sites for hydroxylation is 2. The van der Waals surface area contributed by atoms with Crippen molar-refractivity contribution in [2.24, 2.45) is 7.05 Å². The van der Waals surface area contributed by atoms with E-state index in [9.17, 15) is 37.3 Å². The number of carboxylic acid groups (broad SMARTS) is 1. The number of carbonyl (C=O) groups is 4. The third kappa shape index (κ3) is 6.60. The number of benzene rings is 3. The molecule has 4 aromatic rings. The van der Waals surface area contributed by atoms with Crippen LogP contribution < -0.4 is 4.57 Å². The van der Waals surface area contributed by atoms with Gasteiger partial charge in [-0.05, 0) is 29.2 Å². The van der Waals surface area contributed by atoms with Gasteiger partial charge in [0.05, 0.1) is 29.9 Å². The summed E-state index contributed by atoms with van der Waals surface area (Å²) in [7, 11) is -1.68. The third-order valence-corrected chi connectivity index (χ3v) is 7.10. The van der Waals surface area contributed by atoms with Crippen LogP contribution in [0, 0.1) is 0 Å². The van der Waals surface area contributed by atoms with E-state index in [2.05, 4.69) is 4.18 Å². The second-order valence-electron chi connectivity index (χ2n) is 9.27. The number of rotatable bonds is 7. The van der Waals surface area contributed by atoms with Gasteiger partial charge in [0.2, 0.25) is 21.4 Å². The number of para-hydroxylation sites is 1. The van der Waals surface area contributed by atoms with Crippen molar-refractivity contribution in [3.8, 4) is 11.1 Å². The lowest BCUT2D eigenvalue weighted by molar-refractivity contribution is -0.617. The smallest absolute Gasteiger partial charge is 0.337 e. The SMILES string of the molecule is COS(=O)(=O)[O-].C[n+]1c2ccccc2c(C(=O)O)c2c(-c3ccc(CCC(=O)ON4C(=O)CCC4=O)cc3)cccc21. The number of aromatic carboxylic acids is 1. The van der Waals surface area contributed by atoms with Gasteiger partial charge in [-0.15, -0.1) is 5.06 Å². The number of imide groups is 1. The predicted octanol–water partition coefficient (Wildman–Crippen LogP) is 2.82. The molecule has 1 N–H and O–H groups in total. The van der Waals surface area contributed by atoms with E-state index in [1.807, 2.05) is 78.3 Å². The van der Waals surface area contributed by atoms with Crippen molar-refractivity contribution >= 4 is 56.0 Å². The van der Waals surface area contributed by atoms with Gasteiger partial charge in [0.1, 0.15) is 7.05 Å². The van der Waals surface area contributed by atoms with Crippen molar-refractivity contribution in [3.05, 3.63) is 77.9 Å². The van der Waals surface area contributed by atoms with Gasteiger partial charge in [0, 0.05) is 25.0 Å². The van der Waals surface area contributed by atoms with Crippen LogP contribution in [0.5, 0.6) is 0 Å². The number of aromatic nitrogens is 1. The summed E-state index contributed by atoms with van der Waals surface area (Å²) >= 11 is 0. The van der Waals surface area contributed by atoms with Crippen LogP contribution in [-0.2, 0) is 47.3 Å². The van der Waals surface area contributed by atoms with E-state index < -0.39 is 34.2 Å². The highest BCUT2D eigenvalue weighted by molar-refractivity contribution is 7.80. The largest absolute Gasteiger partial charge is 0.726 e.